The molecule has 3 heteroatoms. The number of fused-ring (bicyclic) bond motifs is 1. The molecule has 5 rings (SSSR count). The molecule has 1 spiro atoms. The second-order valence-corrected chi connectivity index (χ2v) is 7.70. The first-order chi connectivity index (χ1) is 13.3. The molecule has 0 unspecified atom stereocenters. The van der Waals surface area contributed by atoms with Crippen molar-refractivity contribution in [1.82, 2.24) is 4.98 Å². The van der Waals surface area contributed by atoms with Crippen LogP contribution in [0.5, 0.6) is 0 Å². The lowest BCUT2D eigenvalue weighted by molar-refractivity contribution is -0.125. The predicted octanol–water partition coefficient (Wildman–Crippen LogP) is 5.57. The first-order valence-electron chi connectivity index (χ1n) is 9.71. The van der Waals surface area contributed by atoms with Gasteiger partial charge in [0.1, 0.15) is 0 Å². The monoisotopic (exact) mass is 354 g/mol. The predicted molar refractivity (Wildman–Crippen MR) is 109 cm³/mol. The number of aromatic nitrogens is 1. The van der Waals surface area contributed by atoms with Gasteiger partial charge in [-0.15, -0.1) is 0 Å². The van der Waals surface area contributed by atoms with Gasteiger partial charge >= 0.3 is 0 Å². The van der Waals surface area contributed by atoms with Crippen LogP contribution in [-0.4, -0.2) is 10.9 Å². The van der Waals surface area contributed by atoms with Crippen LogP contribution in [0.1, 0.15) is 37.7 Å². The number of anilines is 1. The molecule has 1 saturated carbocycles. The zero-order chi connectivity index (χ0) is 18.3. The largest absolute Gasteiger partial charge is 0.282 e. The topological polar surface area (TPSA) is 33.2 Å². The van der Waals surface area contributed by atoms with Gasteiger partial charge in [-0.3, -0.25) is 14.7 Å². The highest BCUT2D eigenvalue weighted by Crippen LogP contribution is 2.52. The number of para-hydroxylation sites is 1. The van der Waals surface area contributed by atoms with Gasteiger partial charge in [0.15, 0.2) is 0 Å². The Kier molecular flexibility index (Phi) is 3.82. The maximum Gasteiger partial charge on any atom is 0.237 e. The lowest BCUT2D eigenvalue weighted by Crippen LogP contribution is -2.32. The molecule has 1 amide bonds. The second-order valence-electron chi connectivity index (χ2n) is 7.70. The number of hydrogen-bond acceptors (Lipinski definition) is 2. The molecule has 1 aliphatic carbocycles. The average molecular weight is 354 g/mol. The van der Waals surface area contributed by atoms with Crippen molar-refractivity contribution in [2.75, 3.05) is 4.90 Å². The fourth-order valence-corrected chi connectivity index (χ4v) is 4.70. The van der Waals surface area contributed by atoms with Crippen LogP contribution in [0.25, 0.3) is 17.0 Å². The van der Waals surface area contributed by atoms with Gasteiger partial charge in [-0.05, 0) is 36.6 Å². The number of hydrogen-bond donors (Lipinski definition) is 0. The van der Waals surface area contributed by atoms with Crippen molar-refractivity contribution in [3.05, 3.63) is 78.1 Å². The van der Waals surface area contributed by atoms with Gasteiger partial charge in [0.2, 0.25) is 5.91 Å². The fraction of sp³-hybridized carbons (Fsp3) is 0.250. The van der Waals surface area contributed by atoms with E-state index < -0.39 is 0 Å². The molecule has 2 heterocycles. The number of pyridine rings is 1. The number of allylic oxidation sites excluding steroid dienone is 1. The van der Waals surface area contributed by atoms with Gasteiger partial charge in [0, 0.05) is 23.7 Å². The van der Waals surface area contributed by atoms with E-state index in [1.54, 1.807) is 6.20 Å². The summed E-state index contributed by atoms with van der Waals surface area (Å²) in [5.74, 6) is 0.250. The fourth-order valence-electron chi connectivity index (χ4n) is 4.70. The molecule has 3 nitrogen and oxygen atoms in total. The lowest BCUT2D eigenvalue weighted by atomic mass is 9.84. The van der Waals surface area contributed by atoms with Gasteiger partial charge in [-0.2, -0.15) is 0 Å². The molecular formula is C24H22N2O. The van der Waals surface area contributed by atoms with E-state index >= 15 is 0 Å². The Bertz CT molecular complexity index is 1030. The molecule has 1 aliphatic heterocycles. The number of amides is 1. The van der Waals surface area contributed by atoms with Crippen molar-refractivity contribution >= 4 is 28.6 Å². The van der Waals surface area contributed by atoms with Crippen molar-refractivity contribution in [3.8, 4) is 0 Å². The summed E-state index contributed by atoms with van der Waals surface area (Å²) in [6, 6.07) is 20.4. The van der Waals surface area contributed by atoms with Crippen LogP contribution in [0, 0.1) is 5.41 Å². The first-order valence-corrected chi connectivity index (χ1v) is 9.71. The average Bonchev–Trinajstić information content (AvgIpc) is 3.28. The third kappa shape index (κ3) is 2.66. The number of carbonyl (C=O) groups excluding carboxylic acids is 1. The number of rotatable bonds is 2. The van der Waals surface area contributed by atoms with Crippen molar-refractivity contribution < 1.29 is 4.79 Å². The minimum Gasteiger partial charge on any atom is -0.282 e. The van der Waals surface area contributed by atoms with Gasteiger partial charge in [0.05, 0.1) is 16.6 Å². The number of benzene rings is 2. The summed E-state index contributed by atoms with van der Waals surface area (Å²) in [6.45, 7) is 0. The summed E-state index contributed by atoms with van der Waals surface area (Å²) in [7, 11) is 0. The Morgan fingerprint density at radius 1 is 0.926 bits per heavy atom. The van der Waals surface area contributed by atoms with E-state index in [1.807, 2.05) is 41.3 Å². The highest BCUT2D eigenvalue weighted by molar-refractivity contribution is 6.09. The summed E-state index contributed by atoms with van der Waals surface area (Å²) in [4.78, 5) is 20.2. The van der Waals surface area contributed by atoms with Gasteiger partial charge < -0.3 is 0 Å². The zero-order valence-corrected chi connectivity index (χ0v) is 15.3. The van der Waals surface area contributed by atoms with E-state index in [-0.39, 0.29) is 11.3 Å². The van der Waals surface area contributed by atoms with Crippen LogP contribution >= 0.6 is 0 Å². The smallest absolute Gasteiger partial charge is 0.237 e. The Balaban J connectivity index is 1.69. The summed E-state index contributed by atoms with van der Waals surface area (Å²) < 4.78 is 0. The van der Waals surface area contributed by atoms with Crippen LogP contribution in [0.15, 0.2) is 72.6 Å². The van der Waals surface area contributed by atoms with E-state index in [9.17, 15) is 4.79 Å². The maximum atomic E-state index is 13.6. The zero-order valence-electron chi connectivity index (χ0n) is 15.3. The second kappa shape index (κ2) is 6.34. The first kappa shape index (κ1) is 16.2. The third-order valence-electron chi connectivity index (χ3n) is 6.01. The van der Waals surface area contributed by atoms with Gasteiger partial charge in [0.25, 0.3) is 0 Å². The molecule has 3 aromatic rings. The molecule has 2 fully saturated rings. The Hall–Kier alpha value is -2.94. The quantitative estimate of drug-likeness (QED) is 0.602. The van der Waals surface area contributed by atoms with Crippen molar-refractivity contribution in [2.24, 2.45) is 5.41 Å². The van der Waals surface area contributed by atoms with Crippen molar-refractivity contribution in [3.63, 3.8) is 0 Å². The van der Waals surface area contributed by atoms with E-state index in [0.29, 0.717) is 0 Å². The summed E-state index contributed by atoms with van der Waals surface area (Å²) in [5, 5.41) is 1.06. The number of nitrogens with zero attached hydrogens (tertiary/aromatic N) is 2. The molecular weight excluding hydrogens is 332 g/mol. The molecule has 0 bridgehead atoms. The SMILES string of the molecule is O=C1N(c2cccc3cccnc23)/C(=C/c2ccccc2)CC12CCCC2. The summed E-state index contributed by atoms with van der Waals surface area (Å²) in [5.41, 5.74) is 3.79. The normalized spacial score (nSPS) is 20.2. The Morgan fingerprint density at radius 3 is 2.52 bits per heavy atom. The van der Waals surface area contributed by atoms with E-state index in [4.69, 9.17) is 0 Å². The molecule has 0 atom stereocenters. The van der Waals surface area contributed by atoms with Crippen LogP contribution in [0.2, 0.25) is 0 Å². The lowest BCUT2D eigenvalue weighted by Gasteiger charge is -2.23. The Labute approximate surface area is 159 Å². The molecule has 1 aromatic heterocycles. The minimum absolute atomic E-state index is 0.225. The highest BCUT2D eigenvalue weighted by atomic mass is 16.2. The molecule has 0 N–H and O–H groups in total. The maximum absolute atomic E-state index is 13.6. The standard InChI is InChI=1S/C24H22N2O/c27-23-24(13-4-5-14-24)17-20(16-18-8-2-1-3-9-18)26(23)21-12-6-10-19-11-7-15-25-22(19)21/h1-3,6-12,15-16H,4-5,13-14,17H2/b20-16+. The Morgan fingerprint density at radius 2 is 1.70 bits per heavy atom. The van der Waals surface area contributed by atoms with Crippen LogP contribution < -0.4 is 4.90 Å². The van der Waals surface area contributed by atoms with Crippen LogP contribution in [0.4, 0.5) is 5.69 Å². The highest BCUT2D eigenvalue weighted by Gasteiger charge is 2.51. The van der Waals surface area contributed by atoms with Crippen molar-refractivity contribution in [1.29, 1.82) is 0 Å². The van der Waals surface area contributed by atoms with Crippen molar-refractivity contribution in [2.45, 2.75) is 32.1 Å². The summed E-state index contributed by atoms with van der Waals surface area (Å²) in [6.07, 6.45) is 9.08. The van der Waals surface area contributed by atoms with Crippen LogP contribution in [0.3, 0.4) is 0 Å². The molecule has 2 aliphatic rings. The number of carbonyl (C=O) groups is 1. The van der Waals surface area contributed by atoms with E-state index in [2.05, 4.69) is 35.3 Å². The molecule has 134 valence electrons. The van der Waals surface area contributed by atoms with Crippen LogP contribution in [-0.2, 0) is 4.79 Å². The molecule has 2 aromatic carbocycles. The molecule has 1 saturated heterocycles. The third-order valence-corrected chi connectivity index (χ3v) is 6.01. The van der Waals surface area contributed by atoms with E-state index in [1.165, 1.54) is 0 Å². The van der Waals surface area contributed by atoms with E-state index in [0.717, 1.165) is 60.0 Å². The van der Waals surface area contributed by atoms with Gasteiger partial charge in [-0.1, -0.05) is 61.4 Å². The minimum atomic E-state index is -0.225. The molecule has 27 heavy (non-hydrogen) atoms. The summed E-state index contributed by atoms with van der Waals surface area (Å²) >= 11 is 0. The molecule has 0 radical (unpaired) electrons. The van der Waals surface area contributed by atoms with Gasteiger partial charge in [-0.25, -0.2) is 0 Å².